The van der Waals surface area contributed by atoms with Crippen molar-refractivity contribution in [2.75, 3.05) is 11.9 Å². The summed E-state index contributed by atoms with van der Waals surface area (Å²) >= 11 is 0. The molecule has 2 aromatic carbocycles. The number of aliphatic hydroxyl groups excluding tert-OH is 1. The van der Waals surface area contributed by atoms with Crippen molar-refractivity contribution >= 4 is 22.5 Å². The topological polar surface area (TPSA) is 54.3 Å². The normalized spacial score (nSPS) is 10.8. The molecule has 22 heavy (non-hydrogen) atoms. The molecule has 0 saturated heterocycles. The molecule has 0 radical (unpaired) electrons. The van der Waals surface area contributed by atoms with Gasteiger partial charge in [-0.25, -0.2) is 4.39 Å². The average molecular weight is 298 g/mol. The van der Waals surface area contributed by atoms with E-state index in [4.69, 9.17) is 5.11 Å². The van der Waals surface area contributed by atoms with E-state index in [0.29, 0.717) is 12.2 Å². The molecule has 1 heterocycles. The van der Waals surface area contributed by atoms with Crippen LogP contribution in [0.25, 0.3) is 10.9 Å². The summed E-state index contributed by atoms with van der Waals surface area (Å²) < 4.78 is 15.0. The average Bonchev–Trinajstić information content (AvgIpc) is 2.94. The van der Waals surface area contributed by atoms with Gasteiger partial charge in [0.15, 0.2) is 0 Å². The van der Waals surface area contributed by atoms with Gasteiger partial charge in [0.05, 0.1) is 11.2 Å². The zero-order chi connectivity index (χ0) is 15.5. The summed E-state index contributed by atoms with van der Waals surface area (Å²) in [6.45, 7) is 0.0633. The van der Waals surface area contributed by atoms with E-state index < -0.39 is 12.5 Å². The van der Waals surface area contributed by atoms with Gasteiger partial charge in [-0.2, -0.15) is 0 Å². The van der Waals surface area contributed by atoms with Crippen LogP contribution in [-0.4, -0.2) is 22.2 Å². The molecule has 0 fully saturated rings. The maximum absolute atomic E-state index is 13.0. The molecule has 0 aliphatic carbocycles. The lowest BCUT2D eigenvalue weighted by Gasteiger charge is -2.08. The van der Waals surface area contributed by atoms with Crippen molar-refractivity contribution in [3.8, 4) is 0 Å². The van der Waals surface area contributed by atoms with Crippen LogP contribution in [0.4, 0.5) is 10.1 Å². The van der Waals surface area contributed by atoms with Crippen molar-refractivity contribution in [1.29, 1.82) is 0 Å². The van der Waals surface area contributed by atoms with Crippen LogP contribution in [0.5, 0.6) is 0 Å². The molecule has 0 atom stereocenters. The Balaban J connectivity index is 1.93. The number of hydrogen-bond donors (Lipinski definition) is 2. The van der Waals surface area contributed by atoms with E-state index in [9.17, 15) is 9.18 Å². The Labute approximate surface area is 126 Å². The Hall–Kier alpha value is -2.66. The lowest BCUT2D eigenvalue weighted by molar-refractivity contribution is -0.118. The highest BCUT2D eigenvalue weighted by Crippen LogP contribution is 2.25. The third kappa shape index (κ3) is 2.84. The number of hydrogen-bond acceptors (Lipinski definition) is 2. The molecule has 2 N–H and O–H groups in total. The first-order chi connectivity index (χ1) is 10.7. The second kappa shape index (κ2) is 5.99. The van der Waals surface area contributed by atoms with Crippen LogP contribution in [-0.2, 0) is 11.3 Å². The fourth-order valence-electron chi connectivity index (χ4n) is 2.45. The van der Waals surface area contributed by atoms with Gasteiger partial charge in [-0.15, -0.1) is 0 Å². The number of rotatable bonds is 4. The minimum Gasteiger partial charge on any atom is -0.387 e. The highest BCUT2D eigenvalue weighted by atomic mass is 19.1. The maximum Gasteiger partial charge on any atom is 0.250 e. The lowest BCUT2D eigenvalue weighted by Crippen LogP contribution is -2.15. The van der Waals surface area contributed by atoms with Gasteiger partial charge in [0.2, 0.25) is 5.91 Å². The fraction of sp³-hybridized carbons (Fsp3) is 0.118. The van der Waals surface area contributed by atoms with E-state index in [1.54, 1.807) is 18.2 Å². The number of amides is 1. The number of carbonyl (C=O) groups excluding carboxylic acids is 1. The van der Waals surface area contributed by atoms with E-state index >= 15 is 0 Å². The molecule has 112 valence electrons. The summed E-state index contributed by atoms with van der Waals surface area (Å²) in [5.74, 6) is -0.700. The predicted molar refractivity (Wildman–Crippen MR) is 83.2 cm³/mol. The highest BCUT2D eigenvalue weighted by Gasteiger charge is 2.08. The summed E-state index contributed by atoms with van der Waals surface area (Å²) in [6, 6.07) is 13.9. The van der Waals surface area contributed by atoms with Crippen LogP contribution in [0, 0.1) is 5.82 Å². The SMILES string of the molecule is O=C(CO)Nc1cccc2c1ccn2Cc1ccc(F)cc1. The summed E-state index contributed by atoms with van der Waals surface area (Å²) in [4.78, 5) is 11.4. The predicted octanol–water partition coefficient (Wildman–Crippen LogP) is 2.76. The van der Waals surface area contributed by atoms with Crippen molar-refractivity contribution in [2.45, 2.75) is 6.54 Å². The lowest BCUT2D eigenvalue weighted by atomic mass is 10.2. The van der Waals surface area contributed by atoms with Gasteiger partial charge >= 0.3 is 0 Å². The highest BCUT2D eigenvalue weighted by molar-refractivity contribution is 6.01. The Morgan fingerprint density at radius 3 is 2.64 bits per heavy atom. The van der Waals surface area contributed by atoms with Crippen LogP contribution >= 0.6 is 0 Å². The number of benzene rings is 2. The van der Waals surface area contributed by atoms with Crippen molar-refractivity contribution < 1.29 is 14.3 Å². The summed E-state index contributed by atoms with van der Waals surface area (Å²) in [5, 5.41) is 12.4. The zero-order valence-electron chi connectivity index (χ0n) is 11.8. The first kappa shape index (κ1) is 14.3. The quantitative estimate of drug-likeness (QED) is 0.778. The first-order valence-electron chi connectivity index (χ1n) is 6.90. The van der Waals surface area contributed by atoms with Crippen LogP contribution < -0.4 is 5.32 Å². The standard InChI is InChI=1S/C17H15FN2O2/c18-13-6-4-12(5-7-13)10-20-9-8-14-15(19-17(22)11-21)2-1-3-16(14)20/h1-9,21H,10-11H2,(H,19,22). The summed E-state index contributed by atoms with van der Waals surface area (Å²) in [5.41, 5.74) is 2.61. The second-order valence-electron chi connectivity index (χ2n) is 5.01. The molecule has 0 aliphatic heterocycles. The van der Waals surface area contributed by atoms with Crippen molar-refractivity contribution in [1.82, 2.24) is 4.57 Å². The summed E-state index contributed by atoms with van der Waals surface area (Å²) in [7, 11) is 0. The van der Waals surface area contributed by atoms with Crippen LogP contribution in [0.15, 0.2) is 54.7 Å². The van der Waals surface area contributed by atoms with Crippen LogP contribution in [0.3, 0.4) is 0 Å². The van der Waals surface area contributed by atoms with Gasteiger partial charge in [0.25, 0.3) is 0 Å². The number of aliphatic hydroxyl groups is 1. The number of anilines is 1. The van der Waals surface area contributed by atoms with E-state index in [2.05, 4.69) is 5.32 Å². The fourth-order valence-corrected chi connectivity index (χ4v) is 2.45. The molecule has 1 aromatic heterocycles. The van der Waals surface area contributed by atoms with Crippen molar-refractivity contribution in [2.24, 2.45) is 0 Å². The zero-order valence-corrected chi connectivity index (χ0v) is 11.8. The molecule has 0 bridgehead atoms. The monoisotopic (exact) mass is 298 g/mol. The smallest absolute Gasteiger partial charge is 0.250 e. The Bertz CT molecular complexity index is 809. The summed E-state index contributed by atoms with van der Waals surface area (Å²) in [6.07, 6.45) is 1.92. The maximum atomic E-state index is 13.0. The molecule has 0 spiro atoms. The minimum atomic E-state index is -0.549. The Kier molecular flexibility index (Phi) is 3.89. The minimum absolute atomic E-state index is 0.255. The van der Waals surface area contributed by atoms with Crippen LogP contribution in [0.1, 0.15) is 5.56 Å². The number of nitrogens with zero attached hydrogens (tertiary/aromatic N) is 1. The molecule has 0 aliphatic rings. The largest absolute Gasteiger partial charge is 0.387 e. The van der Waals surface area contributed by atoms with E-state index in [1.165, 1.54) is 12.1 Å². The molecular weight excluding hydrogens is 283 g/mol. The van der Waals surface area contributed by atoms with Gasteiger partial charge in [-0.05, 0) is 35.9 Å². The van der Waals surface area contributed by atoms with Gasteiger partial charge in [0, 0.05) is 18.1 Å². The van der Waals surface area contributed by atoms with Gasteiger partial charge < -0.3 is 15.0 Å². The molecule has 3 aromatic rings. The second-order valence-corrected chi connectivity index (χ2v) is 5.01. The molecular formula is C17H15FN2O2. The number of carbonyl (C=O) groups is 1. The molecule has 4 nitrogen and oxygen atoms in total. The van der Waals surface area contributed by atoms with E-state index in [0.717, 1.165) is 16.5 Å². The Morgan fingerprint density at radius 1 is 1.14 bits per heavy atom. The third-order valence-corrected chi connectivity index (χ3v) is 3.50. The van der Waals surface area contributed by atoms with Crippen LogP contribution in [0.2, 0.25) is 0 Å². The van der Waals surface area contributed by atoms with E-state index in [1.807, 2.05) is 29.0 Å². The van der Waals surface area contributed by atoms with E-state index in [-0.39, 0.29) is 5.82 Å². The van der Waals surface area contributed by atoms with Gasteiger partial charge in [-0.3, -0.25) is 4.79 Å². The van der Waals surface area contributed by atoms with Crippen molar-refractivity contribution in [3.05, 3.63) is 66.1 Å². The van der Waals surface area contributed by atoms with Gasteiger partial charge in [-0.1, -0.05) is 18.2 Å². The molecule has 5 heteroatoms. The first-order valence-corrected chi connectivity index (χ1v) is 6.90. The molecule has 0 saturated carbocycles. The Morgan fingerprint density at radius 2 is 1.91 bits per heavy atom. The molecule has 3 rings (SSSR count). The number of aromatic nitrogens is 1. The third-order valence-electron chi connectivity index (χ3n) is 3.50. The number of nitrogens with one attached hydrogen (secondary N) is 1. The van der Waals surface area contributed by atoms with Gasteiger partial charge in [0.1, 0.15) is 12.4 Å². The molecule has 0 unspecified atom stereocenters. The number of halogens is 1. The number of fused-ring (bicyclic) bond motifs is 1. The van der Waals surface area contributed by atoms with Crippen molar-refractivity contribution in [3.63, 3.8) is 0 Å². The molecule has 1 amide bonds.